The summed E-state index contributed by atoms with van der Waals surface area (Å²) in [5.41, 5.74) is 1.82. The molecule has 0 saturated carbocycles. The van der Waals surface area contributed by atoms with Crippen molar-refractivity contribution in [2.45, 2.75) is 72.3 Å². The molecule has 0 N–H and O–H groups in total. The van der Waals surface area contributed by atoms with Crippen molar-refractivity contribution in [1.82, 2.24) is 0 Å². The Hall–Kier alpha value is -1.51. The summed E-state index contributed by atoms with van der Waals surface area (Å²) >= 11 is 0. The molecule has 3 heteroatoms. The second-order valence-corrected chi connectivity index (χ2v) is 6.38. The minimum absolute atomic E-state index is 0.228. The van der Waals surface area contributed by atoms with Crippen LogP contribution in [0, 0.1) is 0 Å². The summed E-state index contributed by atoms with van der Waals surface area (Å²) in [6.45, 7) is 10.2. The maximum Gasteiger partial charge on any atom is 0.338 e. The monoisotopic (exact) mass is 319 g/mol. The van der Waals surface area contributed by atoms with Gasteiger partial charge in [0, 0.05) is 18.3 Å². The van der Waals surface area contributed by atoms with E-state index in [0.717, 1.165) is 13.0 Å². The van der Waals surface area contributed by atoms with Gasteiger partial charge in [-0.05, 0) is 51.0 Å². The number of rotatable bonds is 11. The topological polar surface area (TPSA) is 29.5 Å². The molecular formula is C20H33NO2. The first-order chi connectivity index (χ1) is 11.1. The maximum atomic E-state index is 11.9. The fourth-order valence-electron chi connectivity index (χ4n) is 2.64. The van der Waals surface area contributed by atoms with Crippen molar-refractivity contribution in [2.24, 2.45) is 0 Å². The highest BCUT2D eigenvalue weighted by Crippen LogP contribution is 2.19. The lowest BCUT2D eigenvalue weighted by Gasteiger charge is -2.29. The van der Waals surface area contributed by atoms with Gasteiger partial charge in [0.1, 0.15) is 0 Å². The summed E-state index contributed by atoms with van der Waals surface area (Å²) in [7, 11) is 0. The Morgan fingerprint density at radius 3 is 2.22 bits per heavy atom. The van der Waals surface area contributed by atoms with Crippen LogP contribution >= 0.6 is 0 Å². The number of hydrogen-bond acceptors (Lipinski definition) is 3. The van der Waals surface area contributed by atoms with Crippen LogP contribution in [0.15, 0.2) is 24.3 Å². The van der Waals surface area contributed by atoms with Crippen LogP contribution < -0.4 is 4.90 Å². The molecule has 23 heavy (non-hydrogen) atoms. The maximum absolute atomic E-state index is 11.9. The van der Waals surface area contributed by atoms with E-state index in [-0.39, 0.29) is 5.97 Å². The van der Waals surface area contributed by atoms with Crippen LogP contribution in [0.5, 0.6) is 0 Å². The molecule has 0 atom stereocenters. The summed E-state index contributed by atoms with van der Waals surface area (Å²) in [5, 5.41) is 0. The molecule has 0 saturated heterocycles. The van der Waals surface area contributed by atoms with E-state index in [1.807, 2.05) is 31.2 Å². The number of benzene rings is 1. The molecule has 0 unspecified atom stereocenters. The number of esters is 1. The highest BCUT2D eigenvalue weighted by molar-refractivity contribution is 5.89. The van der Waals surface area contributed by atoms with Gasteiger partial charge in [0.25, 0.3) is 0 Å². The average molecular weight is 319 g/mol. The fraction of sp³-hybridized carbons (Fsp3) is 0.650. The molecule has 0 aliphatic heterocycles. The molecule has 1 rings (SSSR count). The van der Waals surface area contributed by atoms with Gasteiger partial charge in [0.15, 0.2) is 0 Å². The predicted octanol–water partition coefficient (Wildman–Crippen LogP) is 5.44. The largest absolute Gasteiger partial charge is 0.462 e. The zero-order valence-electron chi connectivity index (χ0n) is 15.3. The molecule has 0 bridgehead atoms. The third-order valence-corrected chi connectivity index (χ3v) is 4.00. The van der Waals surface area contributed by atoms with E-state index in [9.17, 15) is 4.79 Å². The third-order valence-electron chi connectivity index (χ3n) is 4.00. The SMILES string of the molecule is CCCCCCCN(c1ccc(C(=O)OCCC)cc1)C(C)C. The van der Waals surface area contributed by atoms with E-state index < -0.39 is 0 Å². The smallest absolute Gasteiger partial charge is 0.338 e. The number of anilines is 1. The lowest BCUT2D eigenvalue weighted by atomic mass is 10.1. The molecule has 0 aliphatic rings. The van der Waals surface area contributed by atoms with Crippen LogP contribution in [-0.2, 0) is 4.74 Å². The zero-order valence-corrected chi connectivity index (χ0v) is 15.3. The standard InChI is InChI=1S/C20H33NO2/c1-5-7-8-9-10-15-21(17(3)4)19-13-11-18(12-14-19)20(22)23-16-6-2/h11-14,17H,5-10,15-16H2,1-4H3. The van der Waals surface area contributed by atoms with Crippen molar-refractivity contribution in [3.8, 4) is 0 Å². The molecule has 3 nitrogen and oxygen atoms in total. The lowest BCUT2D eigenvalue weighted by molar-refractivity contribution is 0.0505. The summed E-state index contributed by atoms with van der Waals surface area (Å²) in [6.07, 6.45) is 7.30. The van der Waals surface area contributed by atoms with Gasteiger partial charge in [-0.3, -0.25) is 0 Å². The first-order valence-electron chi connectivity index (χ1n) is 9.14. The number of nitrogens with zero attached hydrogens (tertiary/aromatic N) is 1. The molecule has 0 aliphatic carbocycles. The Morgan fingerprint density at radius 1 is 1.00 bits per heavy atom. The first kappa shape index (κ1) is 19.5. The predicted molar refractivity (Wildman–Crippen MR) is 98.3 cm³/mol. The summed E-state index contributed by atoms with van der Waals surface area (Å²) in [5.74, 6) is -0.228. The fourth-order valence-corrected chi connectivity index (χ4v) is 2.64. The van der Waals surface area contributed by atoms with Gasteiger partial charge in [-0.15, -0.1) is 0 Å². The van der Waals surface area contributed by atoms with E-state index in [1.165, 1.54) is 37.8 Å². The molecule has 0 radical (unpaired) electrons. The molecule has 0 aromatic heterocycles. The van der Waals surface area contributed by atoms with Gasteiger partial charge in [0.05, 0.1) is 12.2 Å². The van der Waals surface area contributed by atoms with E-state index in [0.29, 0.717) is 18.2 Å². The van der Waals surface area contributed by atoms with E-state index in [4.69, 9.17) is 4.74 Å². The molecule has 0 fully saturated rings. The highest BCUT2D eigenvalue weighted by atomic mass is 16.5. The summed E-state index contributed by atoms with van der Waals surface area (Å²) in [4.78, 5) is 14.3. The number of carbonyl (C=O) groups excluding carboxylic acids is 1. The Morgan fingerprint density at radius 2 is 1.65 bits per heavy atom. The molecule has 1 aromatic rings. The molecule has 0 heterocycles. The van der Waals surface area contributed by atoms with Gasteiger partial charge in [0.2, 0.25) is 0 Å². The van der Waals surface area contributed by atoms with Crippen LogP contribution in [0.1, 0.15) is 76.6 Å². The van der Waals surface area contributed by atoms with Crippen LogP contribution in [0.3, 0.4) is 0 Å². The number of unbranched alkanes of at least 4 members (excludes halogenated alkanes) is 4. The molecular weight excluding hydrogens is 286 g/mol. The van der Waals surface area contributed by atoms with Gasteiger partial charge in [-0.1, -0.05) is 39.5 Å². The van der Waals surface area contributed by atoms with Crippen LogP contribution in [0.2, 0.25) is 0 Å². The molecule has 0 amide bonds. The van der Waals surface area contributed by atoms with E-state index >= 15 is 0 Å². The highest BCUT2D eigenvalue weighted by Gasteiger charge is 2.12. The molecule has 0 spiro atoms. The van der Waals surface area contributed by atoms with Gasteiger partial charge >= 0.3 is 5.97 Å². The Bertz CT molecular complexity index is 439. The van der Waals surface area contributed by atoms with Crippen molar-refractivity contribution in [3.63, 3.8) is 0 Å². The second-order valence-electron chi connectivity index (χ2n) is 6.38. The van der Waals surface area contributed by atoms with E-state index in [2.05, 4.69) is 25.7 Å². The summed E-state index contributed by atoms with van der Waals surface area (Å²) in [6, 6.07) is 8.28. The number of ether oxygens (including phenoxy) is 1. The third kappa shape index (κ3) is 7.06. The van der Waals surface area contributed by atoms with Gasteiger partial charge in [-0.2, -0.15) is 0 Å². The number of hydrogen-bond donors (Lipinski definition) is 0. The van der Waals surface area contributed by atoms with Crippen molar-refractivity contribution in [1.29, 1.82) is 0 Å². The minimum atomic E-state index is -0.228. The Labute approximate surface area is 142 Å². The zero-order chi connectivity index (χ0) is 17.1. The lowest BCUT2D eigenvalue weighted by Crippen LogP contribution is -2.31. The molecule has 130 valence electrons. The Kier molecular flexibility index (Phi) is 9.42. The van der Waals surface area contributed by atoms with Crippen LogP contribution in [-0.4, -0.2) is 25.2 Å². The normalized spacial score (nSPS) is 10.8. The van der Waals surface area contributed by atoms with Crippen molar-refractivity contribution >= 4 is 11.7 Å². The average Bonchev–Trinajstić information content (AvgIpc) is 2.56. The molecule has 1 aromatic carbocycles. The van der Waals surface area contributed by atoms with Crippen molar-refractivity contribution < 1.29 is 9.53 Å². The van der Waals surface area contributed by atoms with Crippen molar-refractivity contribution in [3.05, 3.63) is 29.8 Å². The summed E-state index contributed by atoms with van der Waals surface area (Å²) < 4.78 is 5.17. The minimum Gasteiger partial charge on any atom is -0.462 e. The quantitative estimate of drug-likeness (QED) is 0.402. The van der Waals surface area contributed by atoms with Crippen LogP contribution in [0.25, 0.3) is 0 Å². The van der Waals surface area contributed by atoms with Crippen molar-refractivity contribution in [2.75, 3.05) is 18.1 Å². The van der Waals surface area contributed by atoms with E-state index in [1.54, 1.807) is 0 Å². The van der Waals surface area contributed by atoms with Crippen LogP contribution in [0.4, 0.5) is 5.69 Å². The second kappa shape index (κ2) is 11.1. The first-order valence-corrected chi connectivity index (χ1v) is 9.14. The van der Waals surface area contributed by atoms with Gasteiger partial charge in [-0.25, -0.2) is 4.79 Å². The Balaban J connectivity index is 2.60. The van der Waals surface area contributed by atoms with Gasteiger partial charge < -0.3 is 9.64 Å². The number of carbonyl (C=O) groups is 1.